The molecule has 0 amide bonds. The van der Waals surface area contributed by atoms with E-state index in [9.17, 15) is 12.8 Å². The molecule has 8 heteroatoms. The molecule has 0 aliphatic heterocycles. The zero-order valence-corrected chi connectivity index (χ0v) is 11.0. The smallest absolute Gasteiger partial charge is 0.278 e. The molecular weight excluding hydrogens is 283 g/mol. The molecule has 0 aliphatic rings. The van der Waals surface area contributed by atoms with Gasteiger partial charge in [-0.2, -0.15) is 13.5 Å². The number of rotatable bonds is 3. The molecule has 104 valence electrons. The zero-order chi connectivity index (χ0) is 14.6. The lowest BCUT2D eigenvalue weighted by Gasteiger charge is -2.07. The Morgan fingerprint density at radius 1 is 1.40 bits per heavy atom. The summed E-state index contributed by atoms with van der Waals surface area (Å²) in [5.41, 5.74) is 5.46. The second-order valence-electron chi connectivity index (χ2n) is 3.73. The largest absolute Gasteiger partial charge is 0.320 e. The zero-order valence-electron chi connectivity index (χ0n) is 10.2. The van der Waals surface area contributed by atoms with Crippen LogP contribution in [0.25, 0.3) is 0 Å². The molecule has 6 nitrogen and oxygen atoms in total. The van der Waals surface area contributed by atoms with Crippen molar-refractivity contribution in [2.45, 2.75) is 5.03 Å². The monoisotopic (exact) mass is 294 g/mol. The van der Waals surface area contributed by atoms with Gasteiger partial charge in [-0.3, -0.25) is 9.82 Å². The molecule has 4 N–H and O–H groups in total. The maximum absolute atomic E-state index is 13.8. The average molecular weight is 294 g/mol. The first kappa shape index (κ1) is 14.0. The average Bonchev–Trinajstić information content (AvgIpc) is 2.94. The molecule has 0 saturated heterocycles. The van der Waals surface area contributed by atoms with Gasteiger partial charge in [-0.25, -0.2) is 4.39 Å². The van der Waals surface area contributed by atoms with Gasteiger partial charge in [-0.05, 0) is 24.3 Å². The van der Waals surface area contributed by atoms with Crippen molar-refractivity contribution >= 4 is 15.7 Å². The number of aromatic amines is 1. The summed E-state index contributed by atoms with van der Waals surface area (Å²) >= 11 is 0. The van der Waals surface area contributed by atoms with E-state index < -0.39 is 15.8 Å². The molecule has 0 atom stereocenters. The van der Waals surface area contributed by atoms with E-state index in [2.05, 4.69) is 26.8 Å². The van der Waals surface area contributed by atoms with Gasteiger partial charge in [0.05, 0.1) is 18.4 Å². The summed E-state index contributed by atoms with van der Waals surface area (Å²) in [5, 5.41) is 5.68. The second-order valence-corrected chi connectivity index (χ2v) is 5.38. The van der Waals surface area contributed by atoms with E-state index in [1.165, 1.54) is 24.4 Å². The van der Waals surface area contributed by atoms with Gasteiger partial charge in [0.25, 0.3) is 10.0 Å². The highest BCUT2D eigenvalue weighted by molar-refractivity contribution is 7.92. The first-order valence-corrected chi connectivity index (χ1v) is 7.02. The van der Waals surface area contributed by atoms with Crippen LogP contribution in [-0.4, -0.2) is 25.2 Å². The summed E-state index contributed by atoms with van der Waals surface area (Å²) in [4.78, 5) is 0. The number of hydrogen-bond acceptors (Lipinski definition) is 4. The van der Waals surface area contributed by atoms with Crippen LogP contribution in [0.4, 0.5) is 10.1 Å². The minimum absolute atomic E-state index is 0.149. The van der Waals surface area contributed by atoms with Crippen LogP contribution in [0.1, 0.15) is 5.56 Å². The molecule has 0 spiro atoms. The fraction of sp³-hybridized carbons (Fsp3) is 0.0833. The van der Waals surface area contributed by atoms with Crippen LogP contribution in [0.2, 0.25) is 0 Å². The van der Waals surface area contributed by atoms with Crippen molar-refractivity contribution in [3.05, 3.63) is 41.8 Å². The van der Waals surface area contributed by atoms with Gasteiger partial charge in [0.2, 0.25) is 0 Å². The maximum atomic E-state index is 13.8. The fourth-order valence-corrected chi connectivity index (χ4v) is 2.40. The Hall–Kier alpha value is -2.37. The van der Waals surface area contributed by atoms with Gasteiger partial charge in [0, 0.05) is 5.56 Å². The highest BCUT2D eigenvalue weighted by Crippen LogP contribution is 2.19. The molecule has 2 rings (SSSR count). The van der Waals surface area contributed by atoms with Gasteiger partial charge >= 0.3 is 0 Å². The van der Waals surface area contributed by atoms with E-state index in [4.69, 9.17) is 5.73 Å². The molecule has 0 aliphatic carbocycles. The molecule has 0 saturated carbocycles. The molecule has 1 aromatic heterocycles. The molecule has 0 bridgehead atoms. The Balaban J connectivity index is 2.27. The van der Waals surface area contributed by atoms with Crippen LogP contribution in [0.5, 0.6) is 0 Å². The van der Waals surface area contributed by atoms with E-state index >= 15 is 0 Å². The van der Waals surface area contributed by atoms with Gasteiger partial charge in [0.1, 0.15) is 5.82 Å². The quantitative estimate of drug-likeness (QED) is 0.724. The number of H-pyrrole nitrogens is 1. The second kappa shape index (κ2) is 5.73. The minimum atomic E-state index is -3.89. The van der Waals surface area contributed by atoms with Crippen molar-refractivity contribution in [2.75, 3.05) is 11.3 Å². The Morgan fingerprint density at radius 3 is 2.80 bits per heavy atom. The van der Waals surface area contributed by atoms with Crippen molar-refractivity contribution in [1.82, 2.24) is 10.2 Å². The number of sulfonamides is 1. The molecule has 2 aromatic rings. The highest BCUT2D eigenvalue weighted by atomic mass is 32.2. The molecule has 1 aromatic carbocycles. The van der Waals surface area contributed by atoms with E-state index in [1.807, 2.05) is 0 Å². The number of halogens is 1. The standard InChI is InChI=1S/C12H11FN4O2S/c13-10-8-9(2-1-6-14)3-4-11(10)17-20(18,19)12-5-7-15-16-12/h3-5,7-8,17H,6,14H2,(H,15,16). The predicted molar refractivity (Wildman–Crippen MR) is 71.7 cm³/mol. The van der Waals surface area contributed by atoms with Crippen LogP contribution in [0.15, 0.2) is 35.5 Å². The third-order valence-corrected chi connectivity index (χ3v) is 3.61. The summed E-state index contributed by atoms with van der Waals surface area (Å²) in [6.45, 7) is 0.163. The molecular formula is C12H11FN4O2S. The Bertz CT molecular complexity index is 760. The molecule has 20 heavy (non-hydrogen) atoms. The summed E-state index contributed by atoms with van der Waals surface area (Å²) < 4.78 is 39.7. The Labute approximate surface area is 115 Å². The van der Waals surface area contributed by atoms with Crippen molar-refractivity contribution in [3.63, 3.8) is 0 Å². The van der Waals surface area contributed by atoms with E-state index in [-0.39, 0.29) is 17.3 Å². The van der Waals surface area contributed by atoms with Gasteiger partial charge in [-0.1, -0.05) is 11.8 Å². The highest BCUT2D eigenvalue weighted by Gasteiger charge is 2.17. The molecule has 0 unspecified atom stereocenters. The normalized spacial score (nSPS) is 10.7. The lowest BCUT2D eigenvalue weighted by Crippen LogP contribution is -2.14. The van der Waals surface area contributed by atoms with Crippen LogP contribution < -0.4 is 10.5 Å². The van der Waals surface area contributed by atoms with Gasteiger partial charge < -0.3 is 5.73 Å². The summed E-state index contributed by atoms with van der Waals surface area (Å²) in [7, 11) is -3.89. The number of anilines is 1. The van der Waals surface area contributed by atoms with Crippen molar-refractivity contribution < 1.29 is 12.8 Å². The Kier molecular flexibility index (Phi) is 4.02. The summed E-state index contributed by atoms with van der Waals surface area (Å²) in [6, 6.07) is 5.19. The maximum Gasteiger partial charge on any atom is 0.278 e. The number of nitrogens with zero attached hydrogens (tertiary/aromatic N) is 1. The first-order chi connectivity index (χ1) is 9.53. The van der Waals surface area contributed by atoms with E-state index in [1.54, 1.807) is 0 Å². The summed E-state index contributed by atoms with van der Waals surface area (Å²) in [6.07, 6.45) is 1.29. The number of aromatic nitrogens is 2. The predicted octanol–water partition coefficient (Wildman–Crippen LogP) is 0.660. The van der Waals surface area contributed by atoms with Crippen LogP contribution in [-0.2, 0) is 10.0 Å². The first-order valence-electron chi connectivity index (χ1n) is 5.53. The number of benzene rings is 1. The van der Waals surface area contributed by atoms with Crippen LogP contribution >= 0.6 is 0 Å². The topological polar surface area (TPSA) is 101 Å². The number of nitrogens with one attached hydrogen (secondary N) is 2. The molecule has 1 heterocycles. The molecule has 0 radical (unpaired) electrons. The molecule has 0 fully saturated rings. The third-order valence-electron chi connectivity index (χ3n) is 2.31. The fourth-order valence-electron chi connectivity index (χ4n) is 1.42. The SMILES string of the molecule is NCC#Cc1ccc(NS(=O)(=O)c2ccn[nH]2)c(F)c1. The summed E-state index contributed by atoms with van der Waals surface area (Å²) in [5.74, 6) is 4.51. The minimum Gasteiger partial charge on any atom is -0.320 e. The number of nitrogens with two attached hydrogens (primary N) is 1. The van der Waals surface area contributed by atoms with E-state index in [0.717, 1.165) is 6.07 Å². The number of hydrogen-bond donors (Lipinski definition) is 3. The van der Waals surface area contributed by atoms with Crippen LogP contribution in [0.3, 0.4) is 0 Å². The van der Waals surface area contributed by atoms with E-state index in [0.29, 0.717) is 5.56 Å². The van der Waals surface area contributed by atoms with Crippen molar-refractivity contribution in [2.24, 2.45) is 5.73 Å². The Morgan fingerprint density at radius 2 is 2.20 bits per heavy atom. The third kappa shape index (κ3) is 3.14. The lowest BCUT2D eigenvalue weighted by atomic mass is 10.2. The lowest BCUT2D eigenvalue weighted by molar-refractivity contribution is 0.594. The van der Waals surface area contributed by atoms with Gasteiger partial charge in [0.15, 0.2) is 5.03 Å². The van der Waals surface area contributed by atoms with Gasteiger partial charge in [-0.15, -0.1) is 0 Å². The van der Waals surface area contributed by atoms with Crippen molar-refractivity contribution in [1.29, 1.82) is 0 Å². The van der Waals surface area contributed by atoms with Crippen molar-refractivity contribution in [3.8, 4) is 11.8 Å². The van der Waals surface area contributed by atoms with Crippen LogP contribution in [0, 0.1) is 17.7 Å².